The molecule has 0 radical (unpaired) electrons. The van der Waals surface area contributed by atoms with Gasteiger partial charge in [0.15, 0.2) is 0 Å². The van der Waals surface area contributed by atoms with Crippen molar-refractivity contribution in [1.82, 2.24) is 4.90 Å². The number of amides is 1. The summed E-state index contributed by atoms with van der Waals surface area (Å²) >= 11 is 0. The summed E-state index contributed by atoms with van der Waals surface area (Å²) in [5.74, 6) is 0.333. The summed E-state index contributed by atoms with van der Waals surface area (Å²) in [6, 6.07) is -0.00130. The van der Waals surface area contributed by atoms with Crippen molar-refractivity contribution in [3.05, 3.63) is 0 Å². The summed E-state index contributed by atoms with van der Waals surface area (Å²) < 4.78 is 0. The molecule has 0 aromatic carbocycles. The van der Waals surface area contributed by atoms with Gasteiger partial charge in [-0.15, -0.1) is 0 Å². The number of hydrogen-bond donors (Lipinski definition) is 2. The molecule has 0 aromatic rings. The molecule has 3 fully saturated rings. The molecule has 2 aliphatic heterocycles. The quantitative estimate of drug-likeness (QED) is 0.702. The van der Waals surface area contributed by atoms with Crippen molar-refractivity contribution >= 4 is 5.91 Å². The molecule has 2 saturated heterocycles. The Morgan fingerprint density at radius 3 is 2.75 bits per heavy atom. The lowest BCUT2D eigenvalue weighted by atomic mass is 9.87. The Hall–Kier alpha value is -0.610. The molecule has 0 aromatic heterocycles. The summed E-state index contributed by atoms with van der Waals surface area (Å²) in [4.78, 5) is 14.2. The third kappa shape index (κ3) is 1.09. The summed E-state index contributed by atoms with van der Waals surface area (Å²) in [6.07, 6.45) is 2.79. The lowest BCUT2D eigenvalue weighted by Gasteiger charge is -2.28. The summed E-state index contributed by atoms with van der Waals surface area (Å²) in [7, 11) is 0. The minimum Gasteiger partial charge on any atom is -0.394 e. The molecular weight excluding hydrogens is 206 g/mol. The van der Waals surface area contributed by atoms with Gasteiger partial charge in [0.25, 0.3) is 0 Å². The van der Waals surface area contributed by atoms with Crippen LogP contribution in [0.25, 0.3) is 0 Å². The van der Waals surface area contributed by atoms with Crippen LogP contribution in [0.3, 0.4) is 0 Å². The highest BCUT2D eigenvalue weighted by molar-refractivity contribution is 5.85. The molecule has 90 valence electrons. The van der Waals surface area contributed by atoms with E-state index in [1.54, 1.807) is 13.8 Å². The molecule has 2 N–H and O–H groups in total. The molecule has 4 heteroatoms. The van der Waals surface area contributed by atoms with E-state index < -0.39 is 5.60 Å². The number of rotatable bonds is 2. The van der Waals surface area contributed by atoms with Gasteiger partial charge < -0.3 is 15.1 Å². The van der Waals surface area contributed by atoms with Gasteiger partial charge in [-0.25, -0.2) is 0 Å². The standard InChI is InChI=1S/C12H19NO3/c1-11(2,16)9-5-12-4-7(12)3-8(6-14)13(12)10(9)15/h7-9,14,16H,3-6H2,1-2H3/t7-,8-,9-,12+/m1/s1. The number of carbonyl (C=O) groups is 1. The van der Waals surface area contributed by atoms with E-state index in [1.165, 1.54) is 0 Å². The zero-order valence-corrected chi connectivity index (χ0v) is 9.81. The topological polar surface area (TPSA) is 60.8 Å². The van der Waals surface area contributed by atoms with Crippen LogP contribution in [0.4, 0.5) is 0 Å². The molecule has 1 saturated carbocycles. The number of aliphatic hydroxyl groups is 2. The van der Waals surface area contributed by atoms with E-state index >= 15 is 0 Å². The molecule has 0 unspecified atom stereocenters. The van der Waals surface area contributed by atoms with Gasteiger partial charge in [0.05, 0.1) is 24.2 Å². The summed E-state index contributed by atoms with van der Waals surface area (Å²) in [6.45, 7) is 3.47. The monoisotopic (exact) mass is 225 g/mol. The zero-order chi connectivity index (χ0) is 11.7. The summed E-state index contributed by atoms with van der Waals surface area (Å²) in [5.41, 5.74) is -0.932. The van der Waals surface area contributed by atoms with Gasteiger partial charge in [-0.2, -0.15) is 0 Å². The number of aliphatic hydroxyl groups excluding tert-OH is 1. The van der Waals surface area contributed by atoms with E-state index in [0.29, 0.717) is 5.92 Å². The van der Waals surface area contributed by atoms with Crippen molar-refractivity contribution in [3.8, 4) is 0 Å². The van der Waals surface area contributed by atoms with E-state index in [9.17, 15) is 15.0 Å². The Morgan fingerprint density at radius 2 is 2.19 bits per heavy atom. The predicted octanol–water partition coefficient (Wildman–Crippen LogP) is 0.129. The van der Waals surface area contributed by atoms with E-state index in [0.717, 1.165) is 19.3 Å². The molecule has 4 nitrogen and oxygen atoms in total. The van der Waals surface area contributed by atoms with Gasteiger partial charge in [0, 0.05) is 5.54 Å². The van der Waals surface area contributed by atoms with Crippen molar-refractivity contribution in [1.29, 1.82) is 0 Å². The van der Waals surface area contributed by atoms with Crippen LogP contribution in [-0.2, 0) is 4.79 Å². The maximum atomic E-state index is 12.3. The van der Waals surface area contributed by atoms with Gasteiger partial charge in [-0.3, -0.25) is 4.79 Å². The van der Waals surface area contributed by atoms with E-state index in [2.05, 4.69) is 0 Å². The van der Waals surface area contributed by atoms with E-state index in [4.69, 9.17) is 0 Å². The van der Waals surface area contributed by atoms with Crippen LogP contribution in [-0.4, -0.2) is 44.8 Å². The van der Waals surface area contributed by atoms with Crippen molar-refractivity contribution in [2.45, 2.75) is 50.3 Å². The third-order valence-corrected chi connectivity index (χ3v) is 4.76. The Bertz CT molecular complexity index is 349. The third-order valence-electron chi connectivity index (χ3n) is 4.76. The van der Waals surface area contributed by atoms with Gasteiger partial charge >= 0.3 is 0 Å². The highest BCUT2D eigenvalue weighted by Gasteiger charge is 2.72. The van der Waals surface area contributed by atoms with Crippen molar-refractivity contribution in [2.75, 3.05) is 6.61 Å². The van der Waals surface area contributed by atoms with Crippen molar-refractivity contribution in [2.24, 2.45) is 11.8 Å². The normalized spacial score (nSPS) is 45.9. The molecule has 3 aliphatic rings. The molecule has 2 heterocycles. The Kier molecular flexibility index (Phi) is 1.84. The average molecular weight is 225 g/mol. The SMILES string of the molecule is CC(C)(O)[C@@H]1C[C@@]23C[C@H]2C[C@H](CO)N3C1=O. The molecule has 0 bridgehead atoms. The van der Waals surface area contributed by atoms with Gasteiger partial charge in [0.2, 0.25) is 5.91 Å². The number of piperidine rings is 1. The molecule has 4 atom stereocenters. The molecule has 1 amide bonds. The second-order valence-electron chi connectivity index (χ2n) is 6.20. The van der Waals surface area contributed by atoms with Gasteiger partial charge in [0.1, 0.15) is 0 Å². The zero-order valence-electron chi connectivity index (χ0n) is 9.81. The Morgan fingerprint density at radius 1 is 1.50 bits per heavy atom. The van der Waals surface area contributed by atoms with E-state index in [-0.39, 0.29) is 30.0 Å². The van der Waals surface area contributed by atoms with Crippen molar-refractivity contribution in [3.63, 3.8) is 0 Å². The van der Waals surface area contributed by atoms with Crippen LogP contribution in [0.1, 0.15) is 33.1 Å². The van der Waals surface area contributed by atoms with Gasteiger partial charge in [-0.05, 0) is 39.0 Å². The first-order valence-electron chi connectivity index (χ1n) is 6.06. The molecular formula is C12H19NO3. The highest BCUT2D eigenvalue weighted by Crippen LogP contribution is 2.65. The molecule has 16 heavy (non-hydrogen) atoms. The maximum Gasteiger partial charge on any atom is 0.229 e. The van der Waals surface area contributed by atoms with Crippen LogP contribution in [0.2, 0.25) is 0 Å². The molecule has 1 spiro atoms. The van der Waals surface area contributed by atoms with Crippen LogP contribution < -0.4 is 0 Å². The van der Waals surface area contributed by atoms with Gasteiger partial charge in [-0.1, -0.05) is 0 Å². The average Bonchev–Trinajstić information content (AvgIpc) is 2.61. The van der Waals surface area contributed by atoms with Crippen LogP contribution in [0.15, 0.2) is 0 Å². The first-order chi connectivity index (χ1) is 7.40. The fourth-order valence-electron chi connectivity index (χ4n) is 3.83. The van der Waals surface area contributed by atoms with E-state index in [1.807, 2.05) is 4.90 Å². The Labute approximate surface area is 95.2 Å². The second-order valence-corrected chi connectivity index (χ2v) is 6.20. The van der Waals surface area contributed by atoms with Crippen molar-refractivity contribution < 1.29 is 15.0 Å². The first kappa shape index (κ1) is 10.5. The first-order valence-corrected chi connectivity index (χ1v) is 6.06. The molecule has 3 rings (SSSR count). The minimum atomic E-state index is -0.941. The number of nitrogens with zero attached hydrogens (tertiary/aromatic N) is 1. The lowest BCUT2D eigenvalue weighted by molar-refractivity contribution is -0.140. The predicted molar refractivity (Wildman–Crippen MR) is 57.6 cm³/mol. The fraction of sp³-hybridized carbons (Fsp3) is 0.917. The fourth-order valence-corrected chi connectivity index (χ4v) is 3.83. The van der Waals surface area contributed by atoms with Crippen LogP contribution >= 0.6 is 0 Å². The highest BCUT2D eigenvalue weighted by atomic mass is 16.3. The van der Waals surface area contributed by atoms with Crippen LogP contribution in [0, 0.1) is 11.8 Å². The second kappa shape index (κ2) is 2.79. The maximum absolute atomic E-state index is 12.3. The molecule has 1 aliphatic carbocycles. The Balaban J connectivity index is 1.91. The summed E-state index contributed by atoms with van der Waals surface area (Å²) in [5, 5.41) is 19.3. The largest absolute Gasteiger partial charge is 0.394 e. The minimum absolute atomic E-state index is 0.00130. The lowest BCUT2D eigenvalue weighted by Crippen LogP contribution is -2.44. The van der Waals surface area contributed by atoms with Crippen LogP contribution in [0.5, 0.6) is 0 Å². The number of carbonyl (C=O) groups excluding carboxylic acids is 1. The number of hydrogen-bond acceptors (Lipinski definition) is 3. The smallest absolute Gasteiger partial charge is 0.229 e.